The summed E-state index contributed by atoms with van der Waals surface area (Å²) in [6.07, 6.45) is 0. The quantitative estimate of drug-likeness (QED) is 0.508. The second-order valence-corrected chi connectivity index (χ2v) is 14.4. The third kappa shape index (κ3) is 8.02. The molecule has 0 aromatic carbocycles. The van der Waals surface area contributed by atoms with E-state index in [4.69, 9.17) is 6.64 Å². The van der Waals surface area contributed by atoms with E-state index in [2.05, 4.69) is 55.4 Å². The summed E-state index contributed by atoms with van der Waals surface area (Å²) < 4.78 is 27.1. The van der Waals surface area contributed by atoms with E-state index in [9.17, 15) is 3.32 Å². The van der Waals surface area contributed by atoms with Crippen molar-refractivity contribution in [2.45, 2.75) is 64.8 Å². The van der Waals surface area contributed by atoms with Gasteiger partial charge in [0.05, 0.1) is 0 Å². The van der Waals surface area contributed by atoms with E-state index < -0.39 is 16.1 Å². The molecule has 0 aliphatic carbocycles. The molecule has 0 N–H and O–H groups in total. The molecular formula is C16H36O3Ti. The summed E-state index contributed by atoms with van der Waals surface area (Å²) in [5.74, 6) is 1.38. The van der Waals surface area contributed by atoms with Crippen LogP contribution in [0.25, 0.3) is 0 Å². The van der Waals surface area contributed by atoms with Gasteiger partial charge in [-0.25, -0.2) is 0 Å². The first-order chi connectivity index (χ1) is 8.96. The summed E-state index contributed by atoms with van der Waals surface area (Å²) in [6, 6.07) is 0. The van der Waals surface area contributed by atoms with Gasteiger partial charge in [0.2, 0.25) is 0 Å². The Kier molecular flexibility index (Phi) is 8.35. The van der Waals surface area contributed by atoms with Gasteiger partial charge in [0.25, 0.3) is 0 Å². The van der Waals surface area contributed by atoms with E-state index >= 15 is 0 Å². The van der Waals surface area contributed by atoms with Crippen molar-refractivity contribution in [3.8, 4) is 0 Å². The second-order valence-electron chi connectivity index (χ2n) is 7.97. The van der Waals surface area contributed by atoms with Crippen LogP contribution in [0.2, 0.25) is 9.45 Å². The maximum absolute atomic E-state index is 13.9. The Labute approximate surface area is 128 Å². The zero-order chi connectivity index (χ0) is 16.0. The predicted octanol–water partition coefficient (Wildman–Crippen LogP) is 5.35. The molecule has 0 aromatic heterocycles. The molecule has 0 saturated heterocycles. The van der Waals surface area contributed by atoms with Gasteiger partial charge in [0.1, 0.15) is 0 Å². The summed E-state index contributed by atoms with van der Waals surface area (Å²) >= 11 is -4.57. The summed E-state index contributed by atoms with van der Waals surface area (Å²) in [6.45, 7) is 17.8. The van der Waals surface area contributed by atoms with Crippen LogP contribution in [0, 0.1) is 23.7 Å². The summed E-state index contributed by atoms with van der Waals surface area (Å²) in [5, 5.41) is 0. The Morgan fingerprint density at radius 2 is 0.950 bits per heavy atom. The van der Waals surface area contributed by atoms with E-state index in [1.54, 1.807) is 0 Å². The van der Waals surface area contributed by atoms with Crippen molar-refractivity contribution in [1.82, 2.24) is 0 Å². The maximum atomic E-state index is 13.9. The molecule has 0 unspecified atom stereocenters. The molecule has 0 rings (SSSR count). The van der Waals surface area contributed by atoms with Crippen LogP contribution in [0.5, 0.6) is 0 Å². The number of rotatable bonds is 10. The van der Waals surface area contributed by atoms with Gasteiger partial charge in [-0.1, -0.05) is 0 Å². The van der Waals surface area contributed by atoms with Crippen LogP contribution in [0.1, 0.15) is 55.4 Å². The van der Waals surface area contributed by atoms with E-state index in [0.29, 0.717) is 46.3 Å². The van der Waals surface area contributed by atoms with Crippen LogP contribution in [-0.4, -0.2) is 13.2 Å². The minimum atomic E-state index is -4.57. The molecule has 0 fully saturated rings. The van der Waals surface area contributed by atoms with Crippen molar-refractivity contribution in [3.63, 3.8) is 0 Å². The molecular weight excluding hydrogens is 288 g/mol. The molecule has 0 amide bonds. The van der Waals surface area contributed by atoms with E-state index in [-0.39, 0.29) is 0 Å². The molecule has 0 aromatic rings. The average Bonchev–Trinajstić information content (AvgIpc) is 2.22. The van der Waals surface area contributed by atoms with E-state index in [1.807, 2.05) is 0 Å². The van der Waals surface area contributed by atoms with Crippen molar-refractivity contribution < 1.29 is 26.0 Å². The number of hydrogen-bond donors (Lipinski definition) is 0. The Morgan fingerprint density at radius 3 is 1.15 bits per heavy atom. The molecule has 0 saturated carbocycles. The van der Waals surface area contributed by atoms with Crippen molar-refractivity contribution >= 4 is 0 Å². The van der Waals surface area contributed by atoms with Crippen LogP contribution >= 0.6 is 0 Å². The van der Waals surface area contributed by atoms with Gasteiger partial charge in [0, 0.05) is 0 Å². The summed E-state index contributed by atoms with van der Waals surface area (Å²) in [4.78, 5) is 0. The number of hydrogen-bond acceptors (Lipinski definition) is 3. The zero-order valence-corrected chi connectivity index (χ0v) is 16.4. The molecule has 0 atom stereocenters. The van der Waals surface area contributed by atoms with Gasteiger partial charge >= 0.3 is 128 Å². The van der Waals surface area contributed by atoms with Gasteiger partial charge in [-0.3, -0.25) is 0 Å². The molecule has 20 heavy (non-hydrogen) atoms. The topological polar surface area (TPSA) is 35.5 Å². The van der Waals surface area contributed by atoms with Crippen molar-refractivity contribution in [1.29, 1.82) is 0 Å². The molecule has 0 heterocycles. The van der Waals surface area contributed by atoms with E-state index in [1.165, 1.54) is 0 Å². The predicted molar refractivity (Wildman–Crippen MR) is 81.6 cm³/mol. The molecule has 0 aliphatic rings. The molecule has 0 spiro atoms. The van der Waals surface area contributed by atoms with Crippen molar-refractivity contribution in [2.75, 3.05) is 13.2 Å². The standard InChI is InChI=1S/2C4H9O.2C4H9.O.Ti/c2*1-4(2)3-5;2*1-4(2)3;;/h2*4H,3H2,1-2H3;2*4H,1H2,2-3H3;;/q2*-1;;;;+2. The van der Waals surface area contributed by atoms with Crippen molar-refractivity contribution in [3.05, 3.63) is 0 Å². The Hall–Kier alpha value is 0.434. The van der Waals surface area contributed by atoms with Crippen LogP contribution in [0.4, 0.5) is 0 Å². The molecule has 122 valence electrons. The fourth-order valence-corrected chi connectivity index (χ4v) is 10.9. The van der Waals surface area contributed by atoms with Crippen molar-refractivity contribution in [2.24, 2.45) is 23.7 Å². The van der Waals surface area contributed by atoms with Gasteiger partial charge in [-0.15, -0.1) is 0 Å². The van der Waals surface area contributed by atoms with Crippen LogP contribution in [0.15, 0.2) is 0 Å². The molecule has 4 heteroatoms. The van der Waals surface area contributed by atoms with Gasteiger partial charge < -0.3 is 0 Å². The second kappa shape index (κ2) is 8.17. The van der Waals surface area contributed by atoms with E-state index in [0.717, 1.165) is 0 Å². The average molecular weight is 324 g/mol. The fourth-order valence-electron chi connectivity index (χ4n) is 2.64. The molecule has 3 nitrogen and oxygen atoms in total. The minimum absolute atomic E-state index is 0.322. The molecule has 0 aliphatic heterocycles. The Morgan fingerprint density at radius 1 is 0.650 bits per heavy atom. The van der Waals surface area contributed by atoms with Crippen LogP contribution < -0.4 is 0 Å². The molecule has 0 radical (unpaired) electrons. The third-order valence-corrected chi connectivity index (χ3v) is 10.6. The Balaban J connectivity index is 5.32. The monoisotopic (exact) mass is 324 g/mol. The normalized spacial score (nSPS) is 14.1. The van der Waals surface area contributed by atoms with Gasteiger partial charge in [0.15, 0.2) is 0 Å². The first kappa shape index (κ1) is 20.4. The fraction of sp³-hybridized carbons (Fsp3) is 1.00. The van der Waals surface area contributed by atoms with Crippen LogP contribution in [-0.2, 0) is 26.0 Å². The third-order valence-electron chi connectivity index (χ3n) is 3.08. The summed E-state index contributed by atoms with van der Waals surface area (Å²) in [5.41, 5.74) is 0. The molecule has 0 bridgehead atoms. The first-order valence-corrected chi connectivity index (χ1v) is 12.3. The van der Waals surface area contributed by atoms with Crippen LogP contribution in [0.3, 0.4) is 0 Å². The SMILES string of the molecule is CC(C)C[O][Ti](=[O])([CH2]C(C)C)([CH2]C(C)C)[O]CC(C)C. The van der Waals surface area contributed by atoms with Gasteiger partial charge in [-0.05, 0) is 0 Å². The zero-order valence-electron chi connectivity index (χ0n) is 14.9. The van der Waals surface area contributed by atoms with Gasteiger partial charge in [-0.2, -0.15) is 0 Å². The Bertz CT molecular complexity index is 301. The first-order valence-electron chi connectivity index (χ1n) is 8.15. The summed E-state index contributed by atoms with van der Waals surface area (Å²) in [7, 11) is 0.